The minimum Gasteiger partial charge on any atom is -0.478 e. The molecule has 0 radical (unpaired) electrons. The van der Waals surface area contributed by atoms with Gasteiger partial charge < -0.3 is 10.4 Å². The normalized spacial score (nSPS) is 10.2. The number of aliphatic carboxylic acids is 1. The molecule has 3 N–H and O–H groups in total. The monoisotopic (exact) mass is 276 g/mol. The number of carbonyl (C=O) groups excluding carboxylic acids is 2. The van der Waals surface area contributed by atoms with Crippen LogP contribution in [-0.4, -0.2) is 23.0 Å². The molecule has 0 heterocycles. The summed E-state index contributed by atoms with van der Waals surface area (Å²) in [6, 6.07) is 7.05. The third-order valence-electron chi connectivity index (χ3n) is 2.50. The standard InChI is InChI=1S/C14H16N2O4/c1-2-10-3-5-11(6-4-10)9-15-14(20)16-12(17)7-8-13(18)19/h3-8H,2,9H2,1H3,(H,18,19)(H2,15,16,17,20)/b8-7+. The molecule has 0 saturated heterocycles. The lowest BCUT2D eigenvalue weighted by Gasteiger charge is -2.06. The molecule has 0 aliphatic heterocycles. The lowest BCUT2D eigenvalue weighted by atomic mass is 10.1. The fraction of sp³-hybridized carbons (Fsp3) is 0.214. The molecule has 6 nitrogen and oxygen atoms in total. The number of amides is 3. The number of hydrogen-bond donors (Lipinski definition) is 3. The highest BCUT2D eigenvalue weighted by molar-refractivity contribution is 6.02. The van der Waals surface area contributed by atoms with Crippen molar-refractivity contribution in [3.63, 3.8) is 0 Å². The van der Waals surface area contributed by atoms with E-state index in [2.05, 4.69) is 12.2 Å². The van der Waals surface area contributed by atoms with E-state index in [1.165, 1.54) is 5.56 Å². The number of aryl methyl sites for hydroxylation is 1. The van der Waals surface area contributed by atoms with Crippen LogP contribution in [0.25, 0.3) is 0 Å². The lowest BCUT2D eigenvalue weighted by molar-refractivity contribution is -0.131. The smallest absolute Gasteiger partial charge is 0.328 e. The van der Waals surface area contributed by atoms with Crippen molar-refractivity contribution >= 4 is 17.9 Å². The van der Waals surface area contributed by atoms with E-state index in [4.69, 9.17) is 5.11 Å². The predicted octanol–water partition coefficient (Wildman–Crippen LogP) is 1.22. The largest absolute Gasteiger partial charge is 0.478 e. The highest BCUT2D eigenvalue weighted by atomic mass is 16.4. The molecule has 1 aromatic rings. The quantitative estimate of drug-likeness (QED) is 0.704. The Hall–Kier alpha value is -2.63. The molecule has 0 aliphatic rings. The maximum absolute atomic E-state index is 11.4. The zero-order chi connectivity index (χ0) is 15.0. The zero-order valence-corrected chi connectivity index (χ0v) is 11.1. The SMILES string of the molecule is CCc1ccc(CNC(=O)NC(=O)/C=C/C(=O)O)cc1. The number of carbonyl (C=O) groups is 3. The summed E-state index contributed by atoms with van der Waals surface area (Å²) in [7, 11) is 0. The molecule has 1 rings (SSSR count). The molecule has 0 fully saturated rings. The van der Waals surface area contributed by atoms with E-state index in [0.717, 1.165) is 18.1 Å². The van der Waals surface area contributed by atoms with Gasteiger partial charge in [-0.2, -0.15) is 0 Å². The number of benzene rings is 1. The van der Waals surface area contributed by atoms with Crippen molar-refractivity contribution in [2.45, 2.75) is 19.9 Å². The first-order valence-corrected chi connectivity index (χ1v) is 6.09. The molecule has 0 aromatic heterocycles. The summed E-state index contributed by atoms with van der Waals surface area (Å²) in [5.74, 6) is -2.04. The van der Waals surface area contributed by atoms with E-state index in [1.807, 2.05) is 29.6 Å². The van der Waals surface area contributed by atoms with Crippen molar-refractivity contribution in [3.05, 3.63) is 47.5 Å². The summed E-state index contributed by atoms with van der Waals surface area (Å²) in [6.45, 7) is 2.34. The van der Waals surface area contributed by atoms with E-state index in [9.17, 15) is 14.4 Å². The summed E-state index contributed by atoms with van der Waals surface area (Å²) in [4.78, 5) is 32.7. The summed E-state index contributed by atoms with van der Waals surface area (Å²) in [5, 5.41) is 12.8. The molecular weight excluding hydrogens is 260 g/mol. The highest BCUT2D eigenvalue weighted by Crippen LogP contribution is 2.04. The molecule has 0 bridgehead atoms. The lowest BCUT2D eigenvalue weighted by Crippen LogP contribution is -2.38. The van der Waals surface area contributed by atoms with Gasteiger partial charge in [0.05, 0.1) is 0 Å². The Balaban J connectivity index is 2.39. The van der Waals surface area contributed by atoms with Crippen LogP contribution in [-0.2, 0) is 22.6 Å². The zero-order valence-electron chi connectivity index (χ0n) is 11.1. The van der Waals surface area contributed by atoms with Crippen LogP contribution < -0.4 is 10.6 Å². The van der Waals surface area contributed by atoms with E-state index in [1.54, 1.807) is 0 Å². The maximum Gasteiger partial charge on any atom is 0.328 e. The molecule has 20 heavy (non-hydrogen) atoms. The van der Waals surface area contributed by atoms with Crippen LogP contribution in [0.5, 0.6) is 0 Å². The fourth-order valence-corrected chi connectivity index (χ4v) is 1.42. The number of nitrogens with one attached hydrogen (secondary N) is 2. The molecule has 3 amide bonds. The number of carboxylic acid groups (broad SMARTS) is 1. The summed E-state index contributed by atoms with van der Waals surface area (Å²) < 4.78 is 0. The van der Waals surface area contributed by atoms with E-state index < -0.39 is 17.9 Å². The molecule has 0 spiro atoms. The molecule has 1 aromatic carbocycles. The Kier molecular flexibility index (Phi) is 5.96. The van der Waals surface area contributed by atoms with Crippen molar-refractivity contribution in [3.8, 4) is 0 Å². The third kappa shape index (κ3) is 5.81. The summed E-state index contributed by atoms with van der Waals surface area (Å²) >= 11 is 0. The Bertz CT molecular complexity index is 520. The van der Waals surface area contributed by atoms with Crippen LogP contribution >= 0.6 is 0 Å². The molecule has 0 saturated carbocycles. The van der Waals surface area contributed by atoms with Crippen LogP contribution in [0.15, 0.2) is 36.4 Å². The molecule has 0 aliphatic carbocycles. The van der Waals surface area contributed by atoms with Gasteiger partial charge in [0.2, 0.25) is 0 Å². The van der Waals surface area contributed by atoms with Crippen molar-refractivity contribution in [1.82, 2.24) is 10.6 Å². The van der Waals surface area contributed by atoms with Crippen LogP contribution in [0.2, 0.25) is 0 Å². The van der Waals surface area contributed by atoms with Crippen LogP contribution in [0.4, 0.5) is 4.79 Å². The number of carboxylic acids is 1. The molecule has 6 heteroatoms. The topological polar surface area (TPSA) is 95.5 Å². The predicted molar refractivity (Wildman–Crippen MR) is 73.0 cm³/mol. The summed E-state index contributed by atoms with van der Waals surface area (Å²) in [5.41, 5.74) is 2.11. The Morgan fingerprint density at radius 3 is 2.25 bits per heavy atom. The van der Waals surface area contributed by atoms with E-state index in [-0.39, 0.29) is 6.54 Å². The van der Waals surface area contributed by atoms with Gasteiger partial charge in [-0.3, -0.25) is 10.1 Å². The molecule has 106 valence electrons. The average Bonchev–Trinajstić information content (AvgIpc) is 2.43. The summed E-state index contributed by atoms with van der Waals surface area (Å²) in [6.07, 6.45) is 2.38. The minimum atomic E-state index is -1.25. The van der Waals surface area contributed by atoms with Gasteiger partial charge in [-0.1, -0.05) is 31.2 Å². The van der Waals surface area contributed by atoms with Gasteiger partial charge in [0.15, 0.2) is 0 Å². The average molecular weight is 276 g/mol. The van der Waals surface area contributed by atoms with Crippen molar-refractivity contribution < 1.29 is 19.5 Å². The van der Waals surface area contributed by atoms with Crippen LogP contribution in [0, 0.1) is 0 Å². The minimum absolute atomic E-state index is 0.283. The van der Waals surface area contributed by atoms with E-state index >= 15 is 0 Å². The van der Waals surface area contributed by atoms with Crippen molar-refractivity contribution in [2.24, 2.45) is 0 Å². The van der Waals surface area contributed by atoms with Gasteiger partial charge in [-0.05, 0) is 17.5 Å². The van der Waals surface area contributed by atoms with Crippen molar-refractivity contribution in [2.75, 3.05) is 0 Å². The number of hydrogen-bond acceptors (Lipinski definition) is 3. The number of rotatable bonds is 5. The maximum atomic E-state index is 11.4. The Morgan fingerprint density at radius 1 is 1.10 bits per heavy atom. The second kappa shape index (κ2) is 7.73. The van der Waals surface area contributed by atoms with Crippen LogP contribution in [0.1, 0.15) is 18.1 Å². The third-order valence-corrected chi connectivity index (χ3v) is 2.50. The first-order valence-electron chi connectivity index (χ1n) is 6.09. The fourth-order valence-electron chi connectivity index (χ4n) is 1.42. The highest BCUT2D eigenvalue weighted by Gasteiger charge is 2.04. The first kappa shape index (κ1) is 15.4. The van der Waals surface area contributed by atoms with Crippen LogP contribution in [0.3, 0.4) is 0 Å². The molecular formula is C14H16N2O4. The van der Waals surface area contributed by atoms with Gasteiger partial charge in [0.25, 0.3) is 5.91 Å². The Morgan fingerprint density at radius 2 is 1.70 bits per heavy atom. The first-order chi connectivity index (χ1) is 9.51. The van der Waals surface area contributed by atoms with Gasteiger partial charge >= 0.3 is 12.0 Å². The van der Waals surface area contributed by atoms with Gasteiger partial charge in [0.1, 0.15) is 0 Å². The molecule has 0 unspecified atom stereocenters. The van der Waals surface area contributed by atoms with Gasteiger partial charge in [0, 0.05) is 18.7 Å². The molecule has 0 atom stereocenters. The Labute approximate surface area is 116 Å². The van der Waals surface area contributed by atoms with Crippen molar-refractivity contribution in [1.29, 1.82) is 0 Å². The number of urea groups is 1. The number of imide groups is 1. The van der Waals surface area contributed by atoms with Gasteiger partial charge in [-0.15, -0.1) is 0 Å². The van der Waals surface area contributed by atoms with E-state index in [0.29, 0.717) is 6.08 Å². The van der Waals surface area contributed by atoms with Gasteiger partial charge in [-0.25, -0.2) is 9.59 Å². The second-order valence-corrected chi connectivity index (χ2v) is 4.01. The second-order valence-electron chi connectivity index (χ2n) is 4.01.